The average Bonchev–Trinajstić information content (AvgIpc) is 3.23. The molecule has 0 saturated carbocycles. The molecule has 0 aliphatic heterocycles. The Bertz CT molecular complexity index is 790. The van der Waals surface area contributed by atoms with E-state index < -0.39 is 0 Å². The maximum atomic E-state index is 11.9. The molecule has 2 aromatic rings. The first-order valence-corrected chi connectivity index (χ1v) is 10.3. The number of carbonyl (C=O) groups is 1. The van der Waals surface area contributed by atoms with Crippen LogP contribution in [0.2, 0.25) is 0 Å². The summed E-state index contributed by atoms with van der Waals surface area (Å²) in [5.41, 5.74) is 1.10. The molecule has 2 N–H and O–H groups in total. The largest absolute Gasteiger partial charge is 0.493 e. The summed E-state index contributed by atoms with van der Waals surface area (Å²) in [6, 6.07) is 11.9. The Morgan fingerprint density at radius 1 is 1.16 bits per heavy atom. The number of furan rings is 1. The number of nitrogens with zero attached hydrogens (tertiary/aromatic N) is 2. The van der Waals surface area contributed by atoms with Crippen molar-refractivity contribution in [3.63, 3.8) is 0 Å². The molecule has 0 saturated heterocycles. The van der Waals surface area contributed by atoms with Crippen molar-refractivity contribution < 1.29 is 13.9 Å². The number of ether oxygens (including phenoxy) is 1. The van der Waals surface area contributed by atoms with E-state index in [2.05, 4.69) is 36.4 Å². The van der Waals surface area contributed by atoms with Gasteiger partial charge in [-0.15, -0.1) is 24.0 Å². The van der Waals surface area contributed by atoms with E-state index in [-0.39, 0.29) is 42.5 Å². The first-order chi connectivity index (χ1) is 14.3. The van der Waals surface area contributed by atoms with E-state index >= 15 is 0 Å². The van der Waals surface area contributed by atoms with E-state index in [1.54, 1.807) is 20.4 Å². The predicted octanol–water partition coefficient (Wildman–Crippen LogP) is 3.86. The molecular weight excluding hydrogens is 507 g/mol. The molecule has 0 spiro atoms. The highest BCUT2D eigenvalue weighted by molar-refractivity contribution is 14.0. The van der Waals surface area contributed by atoms with Crippen molar-refractivity contribution in [3.05, 3.63) is 54.0 Å². The van der Waals surface area contributed by atoms with Crippen LogP contribution in [0.4, 0.5) is 0 Å². The SMILES string of the molecule is CC(C)COc1ccc(C(C)NC(=NCC(=O)N(C)C)NCCc2ccco2)cc1.I. The second-order valence-electron chi connectivity index (χ2n) is 7.85. The number of benzene rings is 1. The number of halogens is 1. The Morgan fingerprint density at radius 3 is 2.45 bits per heavy atom. The van der Waals surface area contributed by atoms with Crippen molar-refractivity contribution in [2.75, 3.05) is 33.8 Å². The third-order valence-corrected chi connectivity index (χ3v) is 4.43. The summed E-state index contributed by atoms with van der Waals surface area (Å²) in [4.78, 5) is 17.9. The Balaban J connectivity index is 0.00000480. The maximum absolute atomic E-state index is 11.9. The molecule has 0 radical (unpaired) electrons. The van der Waals surface area contributed by atoms with Crippen molar-refractivity contribution in [1.82, 2.24) is 15.5 Å². The van der Waals surface area contributed by atoms with Crippen LogP contribution in [-0.4, -0.2) is 50.6 Å². The Morgan fingerprint density at radius 2 is 1.87 bits per heavy atom. The summed E-state index contributed by atoms with van der Waals surface area (Å²) in [7, 11) is 3.45. The van der Waals surface area contributed by atoms with Crippen LogP contribution in [0, 0.1) is 5.92 Å². The van der Waals surface area contributed by atoms with Crippen molar-refractivity contribution >= 4 is 35.8 Å². The van der Waals surface area contributed by atoms with Gasteiger partial charge in [-0.25, -0.2) is 4.99 Å². The molecule has 172 valence electrons. The lowest BCUT2D eigenvalue weighted by Gasteiger charge is -2.19. The van der Waals surface area contributed by atoms with E-state index in [4.69, 9.17) is 9.15 Å². The normalized spacial score (nSPS) is 12.1. The van der Waals surface area contributed by atoms with Crippen LogP contribution in [0.25, 0.3) is 0 Å². The third kappa shape index (κ3) is 10.1. The monoisotopic (exact) mass is 542 g/mol. The summed E-state index contributed by atoms with van der Waals surface area (Å²) in [6.45, 7) is 7.73. The van der Waals surface area contributed by atoms with Gasteiger partial charge in [-0.3, -0.25) is 4.79 Å². The minimum absolute atomic E-state index is 0. The zero-order valence-electron chi connectivity index (χ0n) is 19.1. The number of aliphatic imine (C=N–C) groups is 1. The first-order valence-electron chi connectivity index (χ1n) is 10.3. The summed E-state index contributed by atoms with van der Waals surface area (Å²) in [5, 5.41) is 6.65. The maximum Gasteiger partial charge on any atom is 0.243 e. The van der Waals surface area contributed by atoms with Gasteiger partial charge in [0.15, 0.2) is 5.96 Å². The molecule has 1 unspecified atom stereocenters. The highest BCUT2D eigenvalue weighted by atomic mass is 127. The lowest BCUT2D eigenvalue weighted by molar-refractivity contribution is -0.127. The molecule has 1 aromatic carbocycles. The van der Waals surface area contributed by atoms with E-state index in [9.17, 15) is 4.79 Å². The number of hydrogen-bond acceptors (Lipinski definition) is 4. The lowest BCUT2D eigenvalue weighted by Crippen LogP contribution is -2.40. The zero-order chi connectivity index (χ0) is 21.9. The highest BCUT2D eigenvalue weighted by Crippen LogP contribution is 2.18. The van der Waals surface area contributed by atoms with Crippen LogP contribution >= 0.6 is 24.0 Å². The molecule has 0 aliphatic rings. The number of likely N-dealkylation sites (N-methyl/N-ethyl adjacent to an activating group) is 1. The molecule has 1 atom stereocenters. The van der Waals surface area contributed by atoms with Gasteiger partial charge < -0.3 is 24.7 Å². The fraction of sp³-hybridized carbons (Fsp3) is 0.478. The van der Waals surface area contributed by atoms with E-state index in [1.807, 2.05) is 36.4 Å². The van der Waals surface area contributed by atoms with Gasteiger partial charge in [0.2, 0.25) is 5.91 Å². The molecule has 1 heterocycles. The summed E-state index contributed by atoms with van der Waals surface area (Å²) in [5.74, 6) is 2.78. The van der Waals surface area contributed by atoms with E-state index in [0.717, 1.165) is 23.5 Å². The fourth-order valence-corrected chi connectivity index (χ4v) is 2.60. The lowest BCUT2D eigenvalue weighted by atomic mass is 10.1. The van der Waals surface area contributed by atoms with Gasteiger partial charge in [-0.1, -0.05) is 26.0 Å². The van der Waals surface area contributed by atoms with Crippen molar-refractivity contribution in [2.45, 2.75) is 33.2 Å². The number of hydrogen-bond donors (Lipinski definition) is 2. The summed E-state index contributed by atoms with van der Waals surface area (Å²) < 4.78 is 11.1. The van der Waals surface area contributed by atoms with Crippen LogP contribution in [0.3, 0.4) is 0 Å². The standard InChI is InChI=1S/C23H34N4O3.HI/c1-17(2)16-30-21-10-8-19(9-11-21)18(3)26-23(25-15-22(28)27(4)5)24-13-12-20-7-6-14-29-20;/h6-11,14,17-18H,12-13,15-16H2,1-5H3,(H2,24,25,26);1H. The Labute approximate surface area is 202 Å². The molecule has 1 amide bonds. The van der Waals surface area contributed by atoms with Crippen LogP contribution in [0.1, 0.15) is 38.1 Å². The van der Waals surface area contributed by atoms with Crippen molar-refractivity contribution in [1.29, 1.82) is 0 Å². The van der Waals surface area contributed by atoms with Crippen LogP contribution in [-0.2, 0) is 11.2 Å². The molecule has 0 fully saturated rings. The molecular formula is C23H35IN4O3. The van der Waals surface area contributed by atoms with E-state index in [1.165, 1.54) is 4.90 Å². The van der Waals surface area contributed by atoms with Crippen LogP contribution in [0.15, 0.2) is 52.1 Å². The highest BCUT2D eigenvalue weighted by Gasteiger charge is 2.10. The average molecular weight is 542 g/mol. The summed E-state index contributed by atoms with van der Waals surface area (Å²) >= 11 is 0. The van der Waals surface area contributed by atoms with Crippen LogP contribution < -0.4 is 15.4 Å². The van der Waals surface area contributed by atoms with Crippen molar-refractivity contribution in [2.24, 2.45) is 10.9 Å². The van der Waals surface area contributed by atoms with E-state index in [0.29, 0.717) is 25.0 Å². The molecule has 31 heavy (non-hydrogen) atoms. The van der Waals surface area contributed by atoms with Gasteiger partial charge in [0.1, 0.15) is 18.1 Å². The minimum Gasteiger partial charge on any atom is -0.493 e. The third-order valence-electron chi connectivity index (χ3n) is 4.43. The van der Waals surface area contributed by atoms with Gasteiger partial charge in [0, 0.05) is 27.1 Å². The van der Waals surface area contributed by atoms with Gasteiger partial charge in [0.05, 0.1) is 18.9 Å². The number of nitrogens with one attached hydrogen (secondary N) is 2. The van der Waals surface area contributed by atoms with Crippen molar-refractivity contribution in [3.8, 4) is 5.75 Å². The molecule has 1 aromatic heterocycles. The number of guanidine groups is 1. The molecule has 0 bridgehead atoms. The second-order valence-corrected chi connectivity index (χ2v) is 7.85. The topological polar surface area (TPSA) is 79.1 Å². The van der Waals surface area contributed by atoms with Gasteiger partial charge in [-0.05, 0) is 42.7 Å². The smallest absolute Gasteiger partial charge is 0.243 e. The number of rotatable bonds is 10. The van der Waals surface area contributed by atoms with Gasteiger partial charge >= 0.3 is 0 Å². The first kappa shape index (κ1) is 26.8. The Kier molecular flexibility index (Phi) is 12.1. The quantitative estimate of drug-likeness (QED) is 0.271. The molecule has 7 nitrogen and oxygen atoms in total. The fourth-order valence-electron chi connectivity index (χ4n) is 2.60. The number of carbonyl (C=O) groups excluding carboxylic acids is 1. The zero-order valence-corrected chi connectivity index (χ0v) is 21.4. The molecule has 0 aliphatic carbocycles. The van der Waals surface area contributed by atoms with Gasteiger partial charge in [-0.2, -0.15) is 0 Å². The summed E-state index contributed by atoms with van der Waals surface area (Å²) in [6.07, 6.45) is 2.39. The molecule has 2 rings (SSSR count). The molecule has 8 heteroatoms. The van der Waals surface area contributed by atoms with Gasteiger partial charge in [0.25, 0.3) is 0 Å². The Hall–Kier alpha value is -2.23. The minimum atomic E-state index is -0.0542. The van der Waals surface area contributed by atoms with Crippen LogP contribution in [0.5, 0.6) is 5.75 Å². The predicted molar refractivity (Wildman–Crippen MR) is 135 cm³/mol. The number of amides is 1. The second kappa shape index (κ2) is 14.0.